The molecule has 0 saturated carbocycles. The molecule has 0 spiro atoms. The minimum atomic E-state index is 0. The van der Waals surface area contributed by atoms with Crippen LogP contribution >= 0.6 is 0 Å². The molecule has 0 aliphatic heterocycles. The average Bonchev–Trinajstić information content (AvgIpc) is 2.33. The molecule has 1 nitrogen and oxygen atoms in total. The van der Waals surface area contributed by atoms with Gasteiger partial charge in [0, 0.05) is 8.54 Å². The van der Waals surface area contributed by atoms with Crippen LogP contribution < -0.4 is 5.73 Å². The fourth-order valence-corrected chi connectivity index (χ4v) is 1.28. The molecule has 2 rings (SSSR count). The Bertz CT molecular complexity index is 295. The summed E-state index contributed by atoms with van der Waals surface area (Å²) < 4.78 is 0. The van der Waals surface area contributed by atoms with Crippen LogP contribution in [0.25, 0.3) is 6.08 Å². The van der Waals surface area contributed by atoms with Crippen LogP contribution in [0.4, 0.5) is 5.69 Å². The Morgan fingerprint density at radius 1 is 1.40 bits per heavy atom. The maximum absolute atomic E-state index is 5.60. The van der Waals surface area contributed by atoms with Crippen molar-refractivity contribution in [2.45, 2.75) is 6.42 Å². The molecule has 0 fully saturated rings. The van der Waals surface area contributed by atoms with Crippen LogP contribution in [0.2, 0.25) is 0 Å². The maximum atomic E-state index is 5.60. The Morgan fingerprint density at radius 3 is 3.20 bits per heavy atom. The first kappa shape index (κ1) is 5.54. The molecule has 0 heterocycles. The van der Waals surface area contributed by atoms with Crippen LogP contribution in [-0.4, -0.2) is 0 Å². The zero-order chi connectivity index (χ0) is 6.97. The lowest BCUT2D eigenvalue weighted by molar-refractivity contribution is 1.31. The van der Waals surface area contributed by atoms with Crippen molar-refractivity contribution in [2.24, 2.45) is 0 Å². The molecule has 1 heteroatoms. The van der Waals surface area contributed by atoms with Crippen LogP contribution in [0, 0.1) is 0 Å². The highest BCUT2D eigenvalue weighted by Crippen LogP contribution is 2.20. The van der Waals surface area contributed by atoms with E-state index in [-0.39, 0.29) is 2.85 Å². The summed E-state index contributed by atoms with van der Waals surface area (Å²) in [4.78, 5) is 0. The number of rotatable bonds is 0. The third-order valence-corrected chi connectivity index (χ3v) is 1.80. The van der Waals surface area contributed by atoms with E-state index in [0.717, 1.165) is 12.1 Å². The molecule has 0 amide bonds. The highest BCUT2D eigenvalue weighted by atomic mass is 14.5. The predicted octanol–water partition coefficient (Wildman–Crippen LogP) is 2.33. The first-order valence-electron chi connectivity index (χ1n) is 3.41. The molecule has 54 valence electrons. The van der Waals surface area contributed by atoms with E-state index in [4.69, 9.17) is 5.73 Å². The van der Waals surface area contributed by atoms with Gasteiger partial charge in [0.1, 0.15) is 0 Å². The molecule has 1 aromatic rings. The SMILES string of the molecule is Nc1ccc2c(c1)CC=C2.[HH].[HH]. The molecule has 1 aliphatic carbocycles. The van der Waals surface area contributed by atoms with Crippen molar-refractivity contribution >= 4 is 11.8 Å². The van der Waals surface area contributed by atoms with E-state index < -0.39 is 0 Å². The van der Waals surface area contributed by atoms with Gasteiger partial charge in [-0.3, -0.25) is 0 Å². The Hall–Kier alpha value is -1.24. The molecule has 0 saturated heterocycles. The standard InChI is InChI=1S/C9H9N.2H2/c10-9-5-4-7-2-1-3-8(7)6-9;;/h1-2,4-6H,3,10H2;2*1H. The monoisotopic (exact) mass is 135 g/mol. The zero-order valence-electron chi connectivity index (χ0n) is 5.67. The van der Waals surface area contributed by atoms with E-state index >= 15 is 0 Å². The molecule has 0 bridgehead atoms. The third-order valence-electron chi connectivity index (χ3n) is 1.80. The fraction of sp³-hybridized carbons (Fsp3) is 0.111. The molecule has 0 atom stereocenters. The highest BCUT2D eigenvalue weighted by molar-refractivity contribution is 5.63. The summed E-state index contributed by atoms with van der Waals surface area (Å²) >= 11 is 0. The molecule has 10 heavy (non-hydrogen) atoms. The summed E-state index contributed by atoms with van der Waals surface area (Å²) in [5.74, 6) is 0. The maximum Gasteiger partial charge on any atom is 0.0317 e. The number of fused-ring (bicyclic) bond motifs is 1. The van der Waals surface area contributed by atoms with Crippen LogP contribution in [0.5, 0.6) is 0 Å². The van der Waals surface area contributed by atoms with Gasteiger partial charge < -0.3 is 5.73 Å². The number of nitrogen functional groups attached to an aromatic ring is 1. The Balaban J connectivity index is 0.000000605. The van der Waals surface area contributed by atoms with Crippen LogP contribution in [-0.2, 0) is 6.42 Å². The van der Waals surface area contributed by atoms with Crippen LogP contribution in [0.3, 0.4) is 0 Å². The van der Waals surface area contributed by atoms with Gasteiger partial charge >= 0.3 is 0 Å². The Kier molecular flexibility index (Phi) is 1.04. The number of nitrogens with two attached hydrogens (primary N) is 1. The normalized spacial score (nSPS) is 13.6. The number of allylic oxidation sites excluding steroid dienone is 1. The molecule has 1 aromatic carbocycles. The fourth-order valence-electron chi connectivity index (χ4n) is 1.28. The quantitative estimate of drug-likeness (QED) is 0.543. The van der Waals surface area contributed by atoms with Crippen molar-refractivity contribution in [3.8, 4) is 0 Å². The van der Waals surface area contributed by atoms with E-state index in [2.05, 4.69) is 18.2 Å². The lowest BCUT2D eigenvalue weighted by Gasteiger charge is -1.98. The van der Waals surface area contributed by atoms with Gasteiger partial charge in [-0.1, -0.05) is 18.2 Å². The van der Waals surface area contributed by atoms with Crippen molar-refractivity contribution in [3.05, 3.63) is 35.4 Å². The van der Waals surface area contributed by atoms with Crippen molar-refractivity contribution in [3.63, 3.8) is 0 Å². The molecule has 0 aromatic heterocycles. The first-order valence-corrected chi connectivity index (χ1v) is 3.41. The van der Waals surface area contributed by atoms with Gasteiger partial charge in [0.25, 0.3) is 0 Å². The van der Waals surface area contributed by atoms with Crippen molar-refractivity contribution in [1.29, 1.82) is 0 Å². The second-order valence-corrected chi connectivity index (χ2v) is 2.56. The van der Waals surface area contributed by atoms with E-state index in [9.17, 15) is 0 Å². The molecular formula is C9H13N. The van der Waals surface area contributed by atoms with E-state index in [1.54, 1.807) is 0 Å². The predicted molar refractivity (Wildman–Crippen MR) is 47.8 cm³/mol. The van der Waals surface area contributed by atoms with Crippen molar-refractivity contribution in [1.82, 2.24) is 0 Å². The van der Waals surface area contributed by atoms with E-state index in [1.165, 1.54) is 11.1 Å². The lowest BCUT2D eigenvalue weighted by atomic mass is 10.1. The average molecular weight is 135 g/mol. The highest BCUT2D eigenvalue weighted by Gasteiger charge is 2.02. The van der Waals surface area contributed by atoms with Gasteiger partial charge in [-0.25, -0.2) is 0 Å². The summed E-state index contributed by atoms with van der Waals surface area (Å²) in [6.07, 6.45) is 5.33. The summed E-state index contributed by atoms with van der Waals surface area (Å²) in [5.41, 5.74) is 9.13. The van der Waals surface area contributed by atoms with Crippen LogP contribution in [0.15, 0.2) is 24.3 Å². The number of benzene rings is 1. The van der Waals surface area contributed by atoms with E-state index in [0.29, 0.717) is 0 Å². The van der Waals surface area contributed by atoms with E-state index in [1.807, 2.05) is 12.1 Å². The van der Waals surface area contributed by atoms with Gasteiger partial charge in [0.15, 0.2) is 0 Å². The second-order valence-electron chi connectivity index (χ2n) is 2.56. The minimum absolute atomic E-state index is 0. The number of hydrogen-bond acceptors (Lipinski definition) is 1. The van der Waals surface area contributed by atoms with Gasteiger partial charge in [0.05, 0.1) is 0 Å². The number of anilines is 1. The summed E-state index contributed by atoms with van der Waals surface area (Å²) in [5, 5.41) is 0. The summed E-state index contributed by atoms with van der Waals surface area (Å²) in [7, 11) is 0. The zero-order valence-corrected chi connectivity index (χ0v) is 5.67. The third kappa shape index (κ3) is 0.711. The molecular weight excluding hydrogens is 122 g/mol. The van der Waals surface area contributed by atoms with Gasteiger partial charge in [-0.05, 0) is 29.7 Å². The van der Waals surface area contributed by atoms with Crippen molar-refractivity contribution in [2.75, 3.05) is 5.73 Å². The molecule has 0 unspecified atom stereocenters. The Morgan fingerprint density at radius 2 is 2.30 bits per heavy atom. The van der Waals surface area contributed by atoms with Gasteiger partial charge in [0.2, 0.25) is 0 Å². The van der Waals surface area contributed by atoms with Gasteiger partial charge in [-0.2, -0.15) is 0 Å². The molecule has 2 N–H and O–H groups in total. The summed E-state index contributed by atoms with van der Waals surface area (Å²) in [6.45, 7) is 0. The Labute approximate surface area is 63.1 Å². The minimum Gasteiger partial charge on any atom is -0.399 e. The second kappa shape index (κ2) is 1.87. The molecule has 1 aliphatic rings. The summed E-state index contributed by atoms with van der Waals surface area (Å²) in [6, 6.07) is 6.04. The largest absolute Gasteiger partial charge is 0.399 e. The lowest BCUT2D eigenvalue weighted by Crippen LogP contribution is -1.87. The van der Waals surface area contributed by atoms with Gasteiger partial charge in [-0.15, -0.1) is 0 Å². The first-order chi connectivity index (χ1) is 4.86. The molecule has 0 radical (unpaired) electrons. The smallest absolute Gasteiger partial charge is 0.0317 e. The van der Waals surface area contributed by atoms with Crippen molar-refractivity contribution < 1.29 is 2.85 Å². The topological polar surface area (TPSA) is 26.0 Å². The number of hydrogen-bond donors (Lipinski definition) is 1. The van der Waals surface area contributed by atoms with Crippen LogP contribution in [0.1, 0.15) is 14.0 Å².